The molecule has 3 aromatic rings. The van der Waals surface area contributed by atoms with E-state index in [-0.39, 0.29) is 24.1 Å². The Morgan fingerprint density at radius 1 is 1.05 bits per heavy atom. The van der Waals surface area contributed by atoms with Gasteiger partial charge in [0, 0.05) is 31.0 Å². The molecule has 1 fully saturated rings. The lowest BCUT2D eigenvalue weighted by molar-refractivity contribution is -0.140. The van der Waals surface area contributed by atoms with Crippen molar-refractivity contribution in [2.24, 2.45) is 5.92 Å². The topological polar surface area (TPSA) is 118 Å². The highest BCUT2D eigenvalue weighted by Crippen LogP contribution is 2.23. The Hall–Kier alpha value is -3.56. The van der Waals surface area contributed by atoms with Gasteiger partial charge in [0.15, 0.2) is 6.10 Å². The van der Waals surface area contributed by atoms with Crippen molar-refractivity contribution in [1.29, 1.82) is 0 Å². The first kappa shape index (κ1) is 27.5. The van der Waals surface area contributed by atoms with Gasteiger partial charge in [0.2, 0.25) is 17.6 Å². The molecule has 9 nitrogen and oxygen atoms in total. The molecule has 1 unspecified atom stereocenters. The van der Waals surface area contributed by atoms with Crippen LogP contribution in [-0.4, -0.2) is 64.3 Å². The first-order valence-electron chi connectivity index (χ1n) is 13.3. The molecule has 1 saturated heterocycles. The normalized spacial score (nSPS) is 16.0. The number of nitrogens with zero attached hydrogens (tertiary/aromatic N) is 3. The molecule has 3 atom stereocenters. The number of nitrogens with one attached hydrogen (secondary N) is 1. The van der Waals surface area contributed by atoms with E-state index in [0.717, 1.165) is 18.4 Å². The van der Waals surface area contributed by atoms with Crippen LogP contribution >= 0.6 is 0 Å². The van der Waals surface area contributed by atoms with Crippen LogP contribution < -0.4 is 5.32 Å². The van der Waals surface area contributed by atoms with Crippen LogP contribution in [-0.2, 0) is 20.7 Å². The number of hydrogen-bond donors (Lipinski definition) is 2. The maximum Gasteiger partial charge on any atom is 0.257 e. The first-order valence-corrected chi connectivity index (χ1v) is 13.3. The van der Waals surface area contributed by atoms with Crippen molar-refractivity contribution in [3.8, 4) is 11.4 Å². The molecule has 202 valence electrons. The molecule has 2 amide bonds. The highest BCUT2D eigenvalue weighted by molar-refractivity contribution is 5.86. The Morgan fingerprint density at radius 2 is 1.74 bits per heavy atom. The van der Waals surface area contributed by atoms with E-state index in [1.807, 2.05) is 55.5 Å². The molecule has 0 aliphatic carbocycles. The third-order valence-electron chi connectivity index (χ3n) is 6.89. The molecule has 1 aliphatic rings. The molecule has 0 saturated carbocycles. The Balaban J connectivity index is 1.41. The molecule has 1 aliphatic heterocycles. The second kappa shape index (κ2) is 13.8. The van der Waals surface area contributed by atoms with Crippen LogP contribution in [0.4, 0.5) is 0 Å². The lowest BCUT2D eigenvalue weighted by atomic mass is 9.94. The summed E-state index contributed by atoms with van der Waals surface area (Å²) in [6.45, 7) is 3.96. The molecule has 1 aromatic heterocycles. The molecular weight excluding hydrogens is 484 g/mol. The molecule has 2 N–H and O–H groups in total. The van der Waals surface area contributed by atoms with E-state index in [9.17, 15) is 14.7 Å². The van der Waals surface area contributed by atoms with Crippen molar-refractivity contribution >= 4 is 11.8 Å². The van der Waals surface area contributed by atoms with Gasteiger partial charge in [-0.3, -0.25) is 9.59 Å². The summed E-state index contributed by atoms with van der Waals surface area (Å²) in [4.78, 5) is 32.6. The minimum Gasteiger partial charge on any atom is -0.381 e. The number of carbonyl (C=O) groups is 2. The van der Waals surface area contributed by atoms with E-state index in [0.29, 0.717) is 45.0 Å². The zero-order valence-corrected chi connectivity index (χ0v) is 21.8. The summed E-state index contributed by atoms with van der Waals surface area (Å²) in [7, 11) is 0. The number of aromatic nitrogens is 2. The van der Waals surface area contributed by atoms with Crippen LogP contribution in [0.5, 0.6) is 0 Å². The molecule has 0 radical (unpaired) electrons. The first-order chi connectivity index (χ1) is 18.5. The highest BCUT2D eigenvalue weighted by atomic mass is 16.5. The Morgan fingerprint density at radius 3 is 2.42 bits per heavy atom. The number of carbonyl (C=O) groups excluding carboxylic acids is 2. The zero-order chi connectivity index (χ0) is 26.7. The molecular formula is C29H36N4O5. The van der Waals surface area contributed by atoms with Gasteiger partial charge in [-0.25, -0.2) is 0 Å². The molecule has 0 spiro atoms. The maximum absolute atomic E-state index is 13.5. The van der Waals surface area contributed by atoms with E-state index in [1.54, 1.807) is 4.90 Å². The van der Waals surface area contributed by atoms with Crippen LogP contribution in [0.2, 0.25) is 0 Å². The van der Waals surface area contributed by atoms with Crippen LogP contribution in [0.3, 0.4) is 0 Å². The number of morpholine rings is 1. The highest BCUT2D eigenvalue weighted by Gasteiger charge is 2.31. The minimum absolute atomic E-state index is 0.0426. The van der Waals surface area contributed by atoms with Gasteiger partial charge in [0.05, 0.1) is 19.3 Å². The summed E-state index contributed by atoms with van der Waals surface area (Å²) in [5.74, 6) is -0.408. The fourth-order valence-electron chi connectivity index (χ4n) is 4.61. The predicted molar refractivity (Wildman–Crippen MR) is 142 cm³/mol. The minimum atomic E-state index is -1.17. The summed E-state index contributed by atoms with van der Waals surface area (Å²) < 4.78 is 10.7. The van der Waals surface area contributed by atoms with Crippen molar-refractivity contribution in [3.05, 3.63) is 72.1 Å². The lowest BCUT2D eigenvalue weighted by Gasteiger charge is -2.29. The zero-order valence-electron chi connectivity index (χ0n) is 21.8. The number of ether oxygens (including phenoxy) is 1. The summed E-state index contributed by atoms with van der Waals surface area (Å²) in [5, 5.41) is 17.9. The molecule has 2 heterocycles. The standard InChI is InChI=1S/C29H36N4O5/c1-2-24(26(35)29-31-27(32-38-29)22-13-7-4-8-14-22)30-28(36)23(15-9-12-21-10-5-3-6-11-21)20-25(34)33-16-18-37-19-17-33/h3-8,10-11,13-14,23-24,26,35H,2,9,12,15-20H2,1H3,(H,30,36)/t23?,24-,26+/m0/s1. The van der Waals surface area contributed by atoms with Gasteiger partial charge in [-0.1, -0.05) is 72.7 Å². The third kappa shape index (κ3) is 7.49. The molecule has 0 bridgehead atoms. The predicted octanol–water partition coefficient (Wildman–Crippen LogP) is 3.55. The number of rotatable bonds is 12. The molecule has 4 rings (SSSR count). The number of aryl methyl sites for hydroxylation is 1. The largest absolute Gasteiger partial charge is 0.381 e. The molecule has 38 heavy (non-hydrogen) atoms. The summed E-state index contributed by atoms with van der Waals surface area (Å²) in [6, 6.07) is 18.8. The monoisotopic (exact) mass is 520 g/mol. The Labute approximate surface area is 223 Å². The van der Waals surface area contributed by atoms with Gasteiger partial charge >= 0.3 is 0 Å². The third-order valence-corrected chi connectivity index (χ3v) is 6.89. The van der Waals surface area contributed by atoms with Gasteiger partial charge in [-0.2, -0.15) is 4.98 Å². The second-order valence-corrected chi connectivity index (χ2v) is 9.56. The molecule has 9 heteroatoms. The van der Waals surface area contributed by atoms with Crippen LogP contribution in [0.1, 0.15) is 50.2 Å². The smallest absolute Gasteiger partial charge is 0.257 e. The summed E-state index contributed by atoms with van der Waals surface area (Å²) in [6.07, 6.45) is 1.54. The van der Waals surface area contributed by atoms with E-state index in [1.165, 1.54) is 5.56 Å². The Kier molecular flexibility index (Phi) is 10.0. The van der Waals surface area contributed by atoms with Crippen molar-refractivity contribution in [2.45, 2.75) is 51.2 Å². The van der Waals surface area contributed by atoms with Crippen molar-refractivity contribution in [1.82, 2.24) is 20.4 Å². The quantitative estimate of drug-likeness (QED) is 0.375. The van der Waals surface area contributed by atoms with Gasteiger partial charge in [0.25, 0.3) is 5.89 Å². The number of aliphatic hydroxyl groups is 1. The second-order valence-electron chi connectivity index (χ2n) is 9.56. The Bertz CT molecular complexity index is 1150. The SMILES string of the molecule is CC[C@H](NC(=O)C(CCCc1ccccc1)CC(=O)N1CCOCC1)[C@@H](O)c1nc(-c2ccccc2)no1. The summed E-state index contributed by atoms with van der Waals surface area (Å²) >= 11 is 0. The van der Waals surface area contributed by atoms with Crippen LogP contribution in [0.25, 0.3) is 11.4 Å². The van der Waals surface area contributed by atoms with Crippen molar-refractivity contribution < 1.29 is 24.0 Å². The van der Waals surface area contributed by atoms with Gasteiger partial charge in [-0.15, -0.1) is 0 Å². The number of benzene rings is 2. The lowest BCUT2D eigenvalue weighted by Crippen LogP contribution is -2.45. The van der Waals surface area contributed by atoms with Crippen LogP contribution in [0.15, 0.2) is 65.2 Å². The van der Waals surface area contributed by atoms with Gasteiger partial charge in [-0.05, 0) is 31.2 Å². The number of amides is 2. The maximum atomic E-state index is 13.5. The van der Waals surface area contributed by atoms with Crippen LogP contribution in [0, 0.1) is 5.92 Å². The molecule has 2 aromatic carbocycles. The van der Waals surface area contributed by atoms with E-state index >= 15 is 0 Å². The summed E-state index contributed by atoms with van der Waals surface area (Å²) in [5.41, 5.74) is 1.96. The van der Waals surface area contributed by atoms with Crippen molar-refractivity contribution in [3.63, 3.8) is 0 Å². The van der Waals surface area contributed by atoms with Gasteiger partial charge < -0.3 is 24.6 Å². The van der Waals surface area contributed by atoms with E-state index < -0.39 is 18.1 Å². The van der Waals surface area contributed by atoms with E-state index in [2.05, 4.69) is 27.6 Å². The number of aliphatic hydroxyl groups excluding tert-OH is 1. The average molecular weight is 521 g/mol. The number of hydrogen-bond acceptors (Lipinski definition) is 7. The van der Waals surface area contributed by atoms with Crippen molar-refractivity contribution in [2.75, 3.05) is 26.3 Å². The van der Waals surface area contributed by atoms with E-state index in [4.69, 9.17) is 9.26 Å². The fraction of sp³-hybridized carbons (Fsp3) is 0.448. The average Bonchev–Trinajstić information content (AvgIpc) is 3.47. The fourth-order valence-corrected chi connectivity index (χ4v) is 4.61. The van der Waals surface area contributed by atoms with Gasteiger partial charge in [0.1, 0.15) is 0 Å².